The van der Waals surface area contributed by atoms with Crippen LogP contribution in [0.5, 0.6) is 0 Å². The SMILES string of the molecule is CNC(c1cnccn1)c1cn[nH]n1. The lowest BCUT2D eigenvalue weighted by atomic mass is 10.1. The van der Waals surface area contributed by atoms with Gasteiger partial charge < -0.3 is 5.32 Å². The maximum atomic E-state index is 4.20. The van der Waals surface area contributed by atoms with Gasteiger partial charge in [0, 0.05) is 12.4 Å². The summed E-state index contributed by atoms with van der Waals surface area (Å²) in [5.74, 6) is 0. The van der Waals surface area contributed by atoms with Crippen LogP contribution >= 0.6 is 0 Å². The molecule has 0 aromatic carbocycles. The molecule has 72 valence electrons. The Labute approximate surface area is 80.8 Å². The second-order valence-electron chi connectivity index (χ2n) is 2.75. The van der Waals surface area contributed by atoms with Crippen LogP contribution in [0.4, 0.5) is 0 Å². The van der Waals surface area contributed by atoms with Crippen LogP contribution in [-0.4, -0.2) is 32.4 Å². The molecule has 0 fully saturated rings. The van der Waals surface area contributed by atoms with Crippen molar-refractivity contribution in [3.8, 4) is 0 Å². The Morgan fingerprint density at radius 1 is 1.29 bits per heavy atom. The number of nitrogens with one attached hydrogen (secondary N) is 2. The quantitative estimate of drug-likeness (QED) is 0.706. The topological polar surface area (TPSA) is 79.4 Å². The van der Waals surface area contributed by atoms with Gasteiger partial charge in [-0.05, 0) is 7.05 Å². The molecule has 2 rings (SSSR count). The molecule has 0 spiro atoms. The minimum atomic E-state index is -0.0672. The number of rotatable bonds is 3. The van der Waals surface area contributed by atoms with Crippen LogP contribution in [-0.2, 0) is 0 Å². The zero-order chi connectivity index (χ0) is 9.80. The molecule has 14 heavy (non-hydrogen) atoms. The first kappa shape index (κ1) is 8.76. The molecule has 0 radical (unpaired) electrons. The maximum absolute atomic E-state index is 4.20. The molecule has 0 saturated carbocycles. The van der Waals surface area contributed by atoms with Crippen molar-refractivity contribution < 1.29 is 0 Å². The van der Waals surface area contributed by atoms with Gasteiger partial charge >= 0.3 is 0 Å². The summed E-state index contributed by atoms with van der Waals surface area (Å²) in [6.45, 7) is 0. The van der Waals surface area contributed by atoms with Gasteiger partial charge in [-0.15, -0.1) is 0 Å². The van der Waals surface area contributed by atoms with Crippen LogP contribution < -0.4 is 5.32 Å². The Hall–Kier alpha value is -1.82. The van der Waals surface area contributed by atoms with Crippen molar-refractivity contribution in [3.63, 3.8) is 0 Å². The lowest BCUT2D eigenvalue weighted by Gasteiger charge is -2.10. The van der Waals surface area contributed by atoms with E-state index in [9.17, 15) is 0 Å². The van der Waals surface area contributed by atoms with Crippen LogP contribution in [0, 0.1) is 0 Å². The van der Waals surface area contributed by atoms with E-state index in [0.29, 0.717) is 0 Å². The van der Waals surface area contributed by atoms with Gasteiger partial charge in [-0.2, -0.15) is 15.4 Å². The number of aromatic nitrogens is 5. The number of H-pyrrole nitrogens is 1. The van der Waals surface area contributed by atoms with Crippen LogP contribution in [0.3, 0.4) is 0 Å². The standard InChI is InChI=1S/C8H10N6/c1-9-8(7-5-12-14-13-7)6-4-10-2-3-11-6/h2-5,8-9H,1H3,(H,12,13,14). The van der Waals surface area contributed by atoms with Gasteiger partial charge in [0.15, 0.2) is 0 Å². The normalized spacial score (nSPS) is 12.6. The first-order valence-corrected chi connectivity index (χ1v) is 4.20. The number of nitrogens with zero attached hydrogens (tertiary/aromatic N) is 4. The molecule has 0 bridgehead atoms. The van der Waals surface area contributed by atoms with Crippen molar-refractivity contribution in [1.29, 1.82) is 0 Å². The van der Waals surface area contributed by atoms with Gasteiger partial charge in [0.05, 0.1) is 24.1 Å². The summed E-state index contributed by atoms with van der Waals surface area (Å²) in [7, 11) is 1.84. The first-order chi connectivity index (χ1) is 6.92. The number of hydrogen-bond acceptors (Lipinski definition) is 5. The molecular formula is C8H10N6. The van der Waals surface area contributed by atoms with E-state index in [4.69, 9.17) is 0 Å². The summed E-state index contributed by atoms with van der Waals surface area (Å²) in [6.07, 6.45) is 6.66. The molecular weight excluding hydrogens is 180 g/mol. The van der Waals surface area contributed by atoms with E-state index in [0.717, 1.165) is 11.4 Å². The Bertz CT molecular complexity index is 370. The van der Waals surface area contributed by atoms with E-state index in [1.807, 2.05) is 7.05 Å². The van der Waals surface area contributed by atoms with Gasteiger partial charge in [0.2, 0.25) is 0 Å². The second-order valence-corrected chi connectivity index (χ2v) is 2.75. The fraction of sp³-hybridized carbons (Fsp3) is 0.250. The minimum Gasteiger partial charge on any atom is -0.307 e. The molecule has 2 aromatic rings. The second kappa shape index (κ2) is 3.93. The highest BCUT2D eigenvalue weighted by Gasteiger charge is 2.15. The highest BCUT2D eigenvalue weighted by atomic mass is 15.3. The third-order valence-corrected chi connectivity index (χ3v) is 1.90. The van der Waals surface area contributed by atoms with Gasteiger partial charge in [-0.25, -0.2) is 0 Å². The van der Waals surface area contributed by atoms with Crippen LogP contribution in [0.1, 0.15) is 17.4 Å². The largest absolute Gasteiger partial charge is 0.307 e. The van der Waals surface area contributed by atoms with Crippen molar-refractivity contribution in [2.75, 3.05) is 7.05 Å². The van der Waals surface area contributed by atoms with E-state index in [2.05, 4.69) is 30.7 Å². The summed E-state index contributed by atoms with van der Waals surface area (Å²) in [5, 5.41) is 13.4. The average molecular weight is 190 g/mol. The molecule has 0 aliphatic heterocycles. The highest BCUT2D eigenvalue weighted by Crippen LogP contribution is 2.14. The van der Waals surface area contributed by atoms with E-state index in [1.165, 1.54) is 0 Å². The molecule has 6 heteroatoms. The summed E-state index contributed by atoms with van der Waals surface area (Å²) >= 11 is 0. The summed E-state index contributed by atoms with van der Waals surface area (Å²) in [5.41, 5.74) is 1.62. The average Bonchev–Trinajstić information content (AvgIpc) is 2.74. The van der Waals surface area contributed by atoms with Crippen molar-refractivity contribution in [2.45, 2.75) is 6.04 Å². The molecule has 2 aromatic heterocycles. The Morgan fingerprint density at radius 3 is 2.79 bits per heavy atom. The molecule has 0 saturated heterocycles. The molecule has 0 aliphatic carbocycles. The monoisotopic (exact) mass is 190 g/mol. The van der Waals surface area contributed by atoms with Gasteiger partial charge in [0.1, 0.15) is 5.69 Å². The molecule has 1 atom stereocenters. The van der Waals surface area contributed by atoms with Gasteiger partial charge in [-0.1, -0.05) is 0 Å². The van der Waals surface area contributed by atoms with E-state index in [-0.39, 0.29) is 6.04 Å². The minimum absolute atomic E-state index is 0.0672. The summed E-state index contributed by atoms with van der Waals surface area (Å²) < 4.78 is 0. The molecule has 0 amide bonds. The lowest BCUT2D eigenvalue weighted by molar-refractivity contribution is 0.645. The van der Waals surface area contributed by atoms with Crippen LogP contribution in [0.25, 0.3) is 0 Å². The summed E-state index contributed by atoms with van der Waals surface area (Å²) in [6, 6.07) is -0.0672. The molecule has 1 unspecified atom stereocenters. The van der Waals surface area contributed by atoms with Gasteiger partial charge in [-0.3, -0.25) is 9.97 Å². The van der Waals surface area contributed by atoms with Crippen molar-refractivity contribution in [2.24, 2.45) is 0 Å². The Kier molecular flexibility index (Phi) is 2.46. The Balaban J connectivity index is 2.31. The Morgan fingerprint density at radius 2 is 2.21 bits per heavy atom. The predicted molar refractivity (Wildman–Crippen MR) is 49.3 cm³/mol. The predicted octanol–water partition coefficient (Wildman–Crippen LogP) is -0.0965. The highest BCUT2D eigenvalue weighted by molar-refractivity contribution is 5.15. The fourth-order valence-electron chi connectivity index (χ4n) is 1.26. The van der Waals surface area contributed by atoms with E-state index in [1.54, 1.807) is 24.8 Å². The van der Waals surface area contributed by atoms with Crippen molar-refractivity contribution >= 4 is 0 Å². The first-order valence-electron chi connectivity index (χ1n) is 4.20. The number of aromatic amines is 1. The fourth-order valence-corrected chi connectivity index (χ4v) is 1.26. The zero-order valence-corrected chi connectivity index (χ0v) is 7.68. The van der Waals surface area contributed by atoms with Crippen LogP contribution in [0.2, 0.25) is 0 Å². The molecule has 2 heterocycles. The van der Waals surface area contributed by atoms with Crippen molar-refractivity contribution in [1.82, 2.24) is 30.7 Å². The van der Waals surface area contributed by atoms with Gasteiger partial charge in [0.25, 0.3) is 0 Å². The number of hydrogen-bond donors (Lipinski definition) is 2. The molecule has 6 nitrogen and oxygen atoms in total. The maximum Gasteiger partial charge on any atom is 0.106 e. The molecule has 2 N–H and O–H groups in total. The third kappa shape index (κ3) is 1.60. The van der Waals surface area contributed by atoms with Crippen molar-refractivity contribution in [3.05, 3.63) is 36.2 Å². The smallest absolute Gasteiger partial charge is 0.106 e. The molecule has 0 aliphatic rings. The van der Waals surface area contributed by atoms with E-state index >= 15 is 0 Å². The summed E-state index contributed by atoms with van der Waals surface area (Å²) in [4.78, 5) is 8.20. The zero-order valence-electron chi connectivity index (χ0n) is 7.68. The van der Waals surface area contributed by atoms with Crippen LogP contribution in [0.15, 0.2) is 24.8 Å². The lowest BCUT2D eigenvalue weighted by Crippen LogP contribution is -2.19. The van der Waals surface area contributed by atoms with E-state index < -0.39 is 0 Å². The third-order valence-electron chi connectivity index (χ3n) is 1.90.